The van der Waals surface area contributed by atoms with Crippen LogP contribution in [0.4, 0.5) is 0 Å². The zero-order chi connectivity index (χ0) is 12.4. The van der Waals surface area contributed by atoms with Crippen molar-refractivity contribution < 1.29 is 8.42 Å². The molecule has 6 heteroatoms. The molecule has 0 aromatic carbocycles. The highest BCUT2D eigenvalue weighted by Crippen LogP contribution is 2.17. The van der Waals surface area contributed by atoms with E-state index in [1.807, 2.05) is 20.8 Å². The minimum absolute atomic E-state index is 0.219. The van der Waals surface area contributed by atoms with Crippen molar-refractivity contribution in [2.75, 3.05) is 0 Å². The third-order valence-electron chi connectivity index (χ3n) is 2.36. The predicted octanol–water partition coefficient (Wildman–Crippen LogP) is 1.58. The Labute approximate surface area is 96.7 Å². The smallest absolute Gasteiger partial charge is 0.244 e. The van der Waals surface area contributed by atoms with Crippen LogP contribution in [0, 0.1) is 6.92 Å². The zero-order valence-electron chi connectivity index (χ0n) is 10.2. The monoisotopic (exact) mass is 245 g/mol. The minimum Gasteiger partial charge on any atom is -0.281 e. The van der Waals surface area contributed by atoms with E-state index in [1.165, 1.54) is 6.20 Å². The fourth-order valence-electron chi connectivity index (χ4n) is 1.71. The maximum Gasteiger partial charge on any atom is 0.244 e. The molecule has 1 rings (SSSR count). The lowest BCUT2D eigenvalue weighted by Crippen LogP contribution is -2.43. The second-order valence-electron chi connectivity index (χ2n) is 4.60. The van der Waals surface area contributed by atoms with Gasteiger partial charge < -0.3 is 0 Å². The molecule has 0 aliphatic carbocycles. The molecule has 2 N–H and O–H groups in total. The second kappa shape index (κ2) is 4.55. The molecule has 0 unspecified atom stereocenters. The molecule has 16 heavy (non-hydrogen) atoms. The van der Waals surface area contributed by atoms with Gasteiger partial charge in [-0.1, -0.05) is 13.3 Å². The summed E-state index contributed by atoms with van der Waals surface area (Å²) in [6, 6.07) is 0. The lowest BCUT2D eigenvalue weighted by atomic mass is 10.0. The van der Waals surface area contributed by atoms with E-state index >= 15 is 0 Å². The van der Waals surface area contributed by atoms with Crippen LogP contribution in [0.25, 0.3) is 0 Å². The number of sulfonamides is 1. The first-order valence-corrected chi connectivity index (χ1v) is 6.81. The van der Waals surface area contributed by atoms with Crippen LogP contribution >= 0.6 is 0 Å². The van der Waals surface area contributed by atoms with E-state index in [0.717, 1.165) is 12.8 Å². The van der Waals surface area contributed by atoms with E-state index in [4.69, 9.17) is 0 Å². The highest BCUT2D eigenvalue weighted by atomic mass is 32.2. The highest BCUT2D eigenvalue weighted by Gasteiger charge is 2.27. The molecule has 0 aliphatic heterocycles. The molecule has 0 aliphatic rings. The Balaban J connectivity index is 2.93. The molecular formula is C10H19N3O2S. The van der Waals surface area contributed by atoms with Crippen molar-refractivity contribution in [3.05, 3.63) is 11.9 Å². The molecule has 92 valence electrons. The van der Waals surface area contributed by atoms with Gasteiger partial charge in [0.05, 0.1) is 11.9 Å². The van der Waals surface area contributed by atoms with E-state index in [2.05, 4.69) is 14.9 Å². The summed E-state index contributed by atoms with van der Waals surface area (Å²) >= 11 is 0. The van der Waals surface area contributed by atoms with Gasteiger partial charge in [-0.05, 0) is 27.2 Å². The second-order valence-corrected chi connectivity index (χ2v) is 6.25. The SMILES string of the molecule is CCCC(C)(C)NS(=O)(=O)c1cn[nH]c1C. The lowest BCUT2D eigenvalue weighted by molar-refractivity contribution is 0.417. The van der Waals surface area contributed by atoms with Gasteiger partial charge in [-0.2, -0.15) is 5.10 Å². The fourth-order valence-corrected chi connectivity index (χ4v) is 3.29. The number of aryl methyl sites for hydroxylation is 1. The van der Waals surface area contributed by atoms with Gasteiger partial charge in [-0.25, -0.2) is 13.1 Å². The van der Waals surface area contributed by atoms with Gasteiger partial charge in [0.15, 0.2) is 0 Å². The number of nitrogens with one attached hydrogen (secondary N) is 2. The van der Waals surface area contributed by atoms with Crippen LogP contribution in [0.2, 0.25) is 0 Å². The fraction of sp³-hybridized carbons (Fsp3) is 0.700. The van der Waals surface area contributed by atoms with Gasteiger partial charge in [0.2, 0.25) is 10.0 Å². The first-order chi connectivity index (χ1) is 7.28. The van der Waals surface area contributed by atoms with Crippen LogP contribution in [0.3, 0.4) is 0 Å². The molecule has 0 bridgehead atoms. The van der Waals surface area contributed by atoms with Gasteiger partial charge >= 0.3 is 0 Å². The Hall–Kier alpha value is -0.880. The summed E-state index contributed by atoms with van der Waals surface area (Å²) in [5, 5.41) is 6.34. The van der Waals surface area contributed by atoms with Crippen molar-refractivity contribution in [3.8, 4) is 0 Å². The Bertz CT molecular complexity index is 448. The van der Waals surface area contributed by atoms with Crippen molar-refractivity contribution in [2.24, 2.45) is 0 Å². The van der Waals surface area contributed by atoms with Gasteiger partial charge in [0.1, 0.15) is 4.90 Å². The molecule has 1 aromatic heterocycles. The molecule has 0 fully saturated rings. The Morgan fingerprint density at radius 3 is 2.56 bits per heavy atom. The number of H-pyrrole nitrogens is 1. The number of hydrogen-bond acceptors (Lipinski definition) is 3. The van der Waals surface area contributed by atoms with Crippen LogP contribution in [0.15, 0.2) is 11.1 Å². The predicted molar refractivity (Wildman–Crippen MR) is 62.6 cm³/mol. The van der Waals surface area contributed by atoms with Crippen LogP contribution < -0.4 is 4.72 Å². The molecule has 0 radical (unpaired) electrons. The summed E-state index contributed by atoms with van der Waals surface area (Å²) < 4.78 is 26.8. The molecule has 5 nitrogen and oxygen atoms in total. The Morgan fingerprint density at radius 1 is 1.50 bits per heavy atom. The summed E-state index contributed by atoms with van der Waals surface area (Å²) in [5.74, 6) is 0. The summed E-state index contributed by atoms with van der Waals surface area (Å²) in [5.41, 5.74) is 0.122. The average Bonchev–Trinajstić information content (AvgIpc) is 2.49. The summed E-state index contributed by atoms with van der Waals surface area (Å²) in [4.78, 5) is 0.219. The van der Waals surface area contributed by atoms with E-state index in [0.29, 0.717) is 5.69 Å². The van der Waals surface area contributed by atoms with Crippen molar-refractivity contribution in [1.29, 1.82) is 0 Å². The number of hydrogen-bond donors (Lipinski definition) is 2. The molecular weight excluding hydrogens is 226 g/mol. The number of rotatable bonds is 5. The Kier molecular flexibility index (Phi) is 3.75. The standard InChI is InChI=1S/C10H19N3O2S/c1-5-6-10(3,4)13-16(14,15)9-7-11-12-8(9)2/h7,13H,5-6H2,1-4H3,(H,11,12). The van der Waals surface area contributed by atoms with Crippen molar-refractivity contribution in [3.63, 3.8) is 0 Å². The van der Waals surface area contributed by atoms with Gasteiger partial charge in [-0.3, -0.25) is 5.10 Å². The summed E-state index contributed by atoms with van der Waals surface area (Å²) in [7, 11) is -3.47. The van der Waals surface area contributed by atoms with E-state index < -0.39 is 15.6 Å². The van der Waals surface area contributed by atoms with Crippen LogP contribution in [0.5, 0.6) is 0 Å². The van der Waals surface area contributed by atoms with Gasteiger partial charge in [0, 0.05) is 5.54 Å². The molecule has 0 saturated heterocycles. The lowest BCUT2D eigenvalue weighted by Gasteiger charge is -2.25. The van der Waals surface area contributed by atoms with Crippen LogP contribution in [0.1, 0.15) is 39.3 Å². The molecule has 0 saturated carbocycles. The van der Waals surface area contributed by atoms with E-state index in [-0.39, 0.29) is 4.90 Å². The van der Waals surface area contributed by atoms with Crippen molar-refractivity contribution in [2.45, 2.75) is 51.0 Å². The normalized spacial score (nSPS) is 13.0. The van der Waals surface area contributed by atoms with Crippen molar-refractivity contribution in [1.82, 2.24) is 14.9 Å². The summed E-state index contributed by atoms with van der Waals surface area (Å²) in [6.45, 7) is 7.47. The molecule has 0 amide bonds. The highest BCUT2D eigenvalue weighted by molar-refractivity contribution is 7.89. The maximum absolute atomic E-state index is 12.0. The molecule has 0 atom stereocenters. The van der Waals surface area contributed by atoms with Gasteiger partial charge in [0.25, 0.3) is 0 Å². The quantitative estimate of drug-likeness (QED) is 0.827. The maximum atomic E-state index is 12.0. The number of aromatic nitrogens is 2. The number of aromatic amines is 1. The first kappa shape index (κ1) is 13.2. The van der Waals surface area contributed by atoms with E-state index in [1.54, 1.807) is 6.92 Å². The summed E-state index contributed by atoms with van der Waals surface area (Å²) in [6.07, 6.45) is 3.06. The topological polar surface area (TPSA) is 74.8 Å². The minimum atomic E-state index is -3.47. The molecule has 1 heterocycles. The Morgan fingerprint density at radius 2 is 2.12 bits per heavy atom. The number of nitrogens with zero attached hydrogens (tertiary/aromatic N) is 1. The van der Waals surface area contributed by atoms with Crippen molar-refractivity contribution >= 4 is 10.0 Å². The van der Waals surface area contributed by atoms with Crippen LogP contribution in [-0.2, 0) is 10.0 Å². The third-order valence-corrected chi connectivity index (χ3v) is 4.17. The first-order valence-electron chi connectivity index (χ1n) is 5.32. The average molecular weight is 245 g/mol. The van der Waals surface area contributed by atoms with Crippen LogP contribution in [-0.4, -0.2) is 24.2 Å². The molecule has 1 aromatic rings. The molecule has 0 spiro atoms. The van der Waals surface area contributed by atoms with E-state index in [9.17, 15) is 8.42 Å². The largest absolute Gasteiger partial charge is 0.281 e. The van der Waals surface area contributed by atoms with Gasteiger partial charge in [-0.15, -0.1) is 0 Å². The third kappa shape index (κ3) is 3.05. The zero-order valence-corrected chi connectivity index (χ0v) is 11.0.